The van der Waals surface area contributed by atoms with E-state index in [-0.39, 0.29) is 17.7 Å². The second-order valence-corrected chi connectivity index (χ2v) is 7.32. The van der Waals surface area contributed by atoms with Crippen LogP contribution in [-0.4, -0.2) is 49.0 Å². The minimum atomic E-state index is -0.546. The minimum absolute atomic E-state index is 0.0392. The van der Waals surface area contributed by atoms with Gasteiger partial charge in [0.25, 0.3) is 5.91 Å². The number of nitrogens with one attached hydrogen (secondary N) is 1. The number of likely N-dealkylation sites (tertiary alicyclic amines) is 1. The van der Waals surface area contributed by atoms with E-state index < -0.39 is 6.10 Å². The Morgan fingerprint density at radius 1 is 1.40 bits per heavy atom. The molecular formula is C18H26BrN3O3. The van der Waals surface area contributed by atoms with E-state index in [1.165, 1.54) is 0 Å². The number of benzene rings is 1. The van der Waals surface area contributed by atoms with Gasteiger partial charge in [0.15, 0.2) is 6.10 Å². The van der Waals surface area contributed by atoms with Crippen molar-refractivity contribution < 1.29 is 14.3 Å². The Labute approximate surface area is 157 Å². The third-order valence-corrected chi connectivity index (χ3v) is 4.88. The van der Waals surface area contributed by atoms with Gasteiger partial charge in [-0.05, 0) is 63.5 Å². The molecule has 138 valence electrons. The zero-order valence-corrected chi connectivity index (χ0v) is 16.1. The van der Waals surface area contributed by atoms with Crippen molar-refractivity contribution in [3.8, 4) is 5.75 Å². The first-order valence-electron chi connectivity index (χ1n) is 8.67. The molecule has 3 N–H and O–H groups in total. The molecule has 0 bridgehead atoms. The number of hydrogen-bond acceptors (Lipinski definition) is 4. The zero-order chi connectivity index (χ0) is 18.2. The number of amides is 2. The van der Waals surface area contributed by atoms with Gasteiger partial charge in [0.2, 0.25) is 5.91 Å². The lowest BCUT2D eigenvalue weighted by molar-refractivity contribution is -0.127. The standard InChI is InChI=1S/C18H26BrN3O3/c1-13(25-16-7-5-15(19)6-8-16)18(24)21-9-3-11-22-10-2-4-14(12-22)17(20)23/h5-8,13-14H,2-4,9-12H2,1H3,(H2,20,23)(H,21,24). The van der Waals surface area contributed by atoms with Crippen molar-refractivity contribution in [1.82, 2.24) is 10.2 Å². The number of nitrogens with two attached hydrogens (primary N) is 1. The molecule has 0 saturated carbocycles. The van der Waals surface area contributed by atoms with E-state index in [0.29, 0.717) is 12.3 Å². The van der Waals surface area contributed by atoms with Gasteiger partial charge < -0.3 is 20.7 Å². The molecule has 0 aromatic heterocycles. The summed E-state index contributed by atoms with van der Waals surface area (Å²) in [7, 11) is 0. The topological polar surface area (TPSA) is 84.7 Å². The summed E-state index contributed by atoms with van der Waals surface area (Å²) in [5.74, 6) is 0.285. The number of hydrogen-bond donors (Lipinski definition) is 2. The van der Waals surface area contributed by atoms with E-state index in [9.17, 15) is 9.59 Å². The van der Waals surface area contributed by atoms with E-state index in [0.717, 1.165) is 43.4 Å². The second-order valence-electron chi connectivity index (χ2n) is 6.40. The highest BCUT2D eigenvalue weighted by Gasteiger charge is 2.23. The minimum Gasteiger partial charge on any atom is -0.481 e. The number of rotatable bonds is 8. The first-order valence-corrected chi connectivity index (χ1v) is 9.46. The number of nitrogens with zero attached hydrogens (tertiary/aromatic N) is 1. The van der Waals surface area contributed by atoms with Crippen molar-refractivity contribution in [2.75, 3.05) is 26.2 Å². The summed E-state index contributed by atoms with van der Waals surface area (Å²) < 4.78 is 6.59. The van der Waals surface area contributed by atoms with E-state index in [4.69, 9.17) is 10.5 Å². The maximum atomic E-state index is 12.1. The average Bonchev–Trinajstić information content (AvgIpc) is 2.60. The van der Waals surface area contributed by atoms with Gasteiger partial charge in [0.1, 0.15) is 5.75 Å². The molecule has 1 saturated heterocycles. The normalized spacial score (nSPS) is 19.2. The summed E-state index contributed by atoms with van der Waals surface area (Å²) in [5, 5.41) is 2.90. The molecule has 2 amide bonds. The molecule has 2 rings (SSSR count). The summed E-state index contributed by atoms with van der Waals surface area (Å²) in [6, 6.07) is 7.38. The van der Waals surface area contributed by atoms with Gasteiger partial charge >= 0.3 is 0 Å². The molecular weight excluding hydrogens is 386 g/mol. The van der Waals surface area contributed by atoms with Crippen LogP contribution < -0.4 is 15.8 Å². The summed E-state index contributed by atoms with van der Waals surface area (Å²) in [4.78, 5) is 25.6. The Kier molecular flexibility index (Phi) is 7.71. The highest BCUT2D eigenvalue weighted by atomic mass is 79.9. The van der Waals surface area contributed by atoms with E-state index in [2.05, 4.69) is 26.1 Å². The third kappa shape index (κ3) is 6.66. The Morgan fingerprint density at radius 2 is 2.12 bits per heavy atom. The van der Waals surface area contributed by atoms with Crippen LogP contribution in [0.15, 0.2) is 28.7 Å². The van der Waals surface area contributed by atoms with E-state index >= 15 is 0 Å². The van der Waals surface area contributed by atoms with E-state index in [1.54, 1.807) is 6.92 Å². The van der Waals surface area contributed by atoms with E-state index in [1.807, 2.05) is 24.3 Å². The van der Waals surface area contributed by atoms with Gasteiger partial charge in [0.05, 0.1) is 5.92 Å². The van der Waals surface area contributed by atoms with Crippen molar-refractivity contribution in [1.29, 1.82) is 0 Å². The quantitative estimate of drug-likeness (QED) is 0.639. The average molecular weight is 412 g/mol. The third-order valence-electron chi connectivity index (χ3n) is 4.35. The molecule has 1 aromatic rings. The van der Waals surface area contributed by atoms with Crippen molar-refractivity contribution in [2.45, 2.75) is 32.3 Å². The summed E-state index contributed by atoms with van der Waals surface area (Å²) in [5.41, 5.74) is 5.39. The monoisotopic (exact) mass is 411 g/mol. The first-order chi connectivity index (χ1) is 12.0. The van der Waals surface area contributed by atoms with Gasteiger partial charge in [-0.15, -0.1) is 0 Å². The van der Waals surface area contributed by atoms with Crippen molar-refractivity contribution >= 4 is 27.7 Å². The molecule has 1 fully saturated rings. The smallest absolute Gasteiger partial charge is 0.260 e. The van der Waals surface area contributed by atoms with Gasteiger partial charge in [0, 0.05) is 17.6 Å². The summed E-state index contributed by atoms with van der Waals surface area (Å²) in [6.07, 6.45) is 2.17. The number of carbonyl (C=O) groups is 2. The van der Waals surface area contributed by atoms with Crippen LogP contribution in [0.25, 0.3) is 0 Å². The first kappa shape index (κ1) is 19.7. The molecule has 25 heavy (non-hydrogen) atoms. The Hall–Kier alpha value is -1.60. The fourth-order valence-electron chi connectivity index (χ4n) is 2.92. The van der Waals surface area contributed by atoms with Gasteiger partial charge in [-0.3, -0.25) is 9.59 Å². The number of halogens is 1. The van der Waals surface area contributed by atoms with Crippen LogP contribution in [0.1, 0.15) is 26.2 Å². The van der Waals surface area contributed by atoms with Crippen LogP contribution in [-0.2, 0) is 9.59 Å². The van der Waals surface area contributed by atoms with Gasteiger partial charge in [-0.25, -0.2) is 0 Å². The SMILES string of the molecule is CC(Oc1ccc(Br)cc1)C(=O)NCCCN1CCCC(C(N)=O)C1. The largest absolute Gasteiger partial charge is 0.481 e. The van der Waals surface area contributed by atoms with Crippen LogP contribution in [0.2, 0.25) is 0 Å². The molecule has 1 heterocycles. The number of ether oxygens (including phenoxy) is 1. The van der Waals surface area contributed by atoms with Crippen molar-refractivity contribution in [3.05, 3.63) is 28.7 Å². The van der Waals surface area contributed by atoms with Crippen LogP contribution in [0.5, 0.6) is 5.75 Å². The molecule has 1 aromatic carbocycles. The lowest BCUT2D eigenvalue weighted by Gasteiger charge is -2.31. The highest BCUT2D eigenvalue weighted by molar-refractivity contribution is 9.10. The van der Waals surface area contributed by atoms with Gasteiger partial charge in [-0.1, -0.05) is 15.9 Å². The molecule has 1 aliphatic rings. The molecule has 0 spiro atoms. The molecule has 7 heteroatoms. The Balaban J connectivity index is 1.64. The van der Waals surface area contributed by atoms with Crippen LogP contribution in [0, 0.1) is 5.92 Å². The molecule has 0 aliphatic carbocycles. The molecule has 6 nitrogen and oxygen atoms in total. The van der Waals surface area contributed by atoms with Crippen molar-refractivity contribution in [3.63, 3.8) is 0 Å². The predicted octanol–water partition coefficient (Wildman–Crippen LogP) is 1.92. The van der Waals surface area contributed by atoms with Crippen LogP contribution >= 0.6 is 15.9 Å². The van der Waals surface area contributed by atoms with Gasteiger partial charge in [-0.2, -0.15) is 0 Å². The lowest BCUT2D eigenvalue weighted by atomic mass is 9.97. The molecule has 1 aliphatic heterocycles. The molecule has 0 radical (unpaired) electrons. The van der Waals surface area contributed by atoms with Crippen LogP contribution in [0.3, 0.4) is 0 Å². The maximum absolute atomic E-state index is 12.1. The number of primary amides is 1. The Bertz CT molecular complexity index is 579. The fourth-order valence-corrected chi connectivity index (χ4v) is 3.18. The number of piperidine rings is 1. The molecule has 2 atom stereocenters. The molecule has 2 unspecified atom stereocenters. The summed E-state index contributed by atoms with van der Waals surface area (Å²) >= 11 is 3.36. The van der Waals surface area contributed by atoms with Crippen molar-refractivity contribution in [2.24, 2.45) is 11.7 Å². The maximum Gasteiger partial charge on any atom is 0.260 e. The zero-order valence-electron chi connectivity index (χ0n) is 14.5. The van der Waals surface area contributed by atoms with Crippen LogP contribution in [0.4, 0.5) is 0 Å². The predicted molar refractivity (Wildman–Crippen MR) is 100 cm³/mol. The highest BCUT2D eigenvalue weighted by Crippen LogP contribution is 2.17. The fraction of sp³-hybridized carbons (Fsp3) is 0.556. The lowest BCUT2D eigenvalue weighted by Crippen LogP contribution is -2.42. The second kappa shape index (κ2) is 9.77. The Morgan fingerprint density at radius 3 is 2.80 bits per heavy atom. The number of carbonyl (C=O) groups excluding carboxylic acids is 2. The summed E-state index contributed by atoms with van der Waals surface area (Å²) in [6.45, 7) is 4.89.